The number of rotatable bonds is 5. The molecule has 0 aliphatic heterocycles. The standard InChI is InChI=1S/C14H16N2O2/c1-17-13-4-2-3-5-14(13)18-12-8-11(6-7-15)9-16-10-12/h2-5,8-10H,6-7,15H2,1H3. The van der Waals surface area contributed by atoms with Gasteiger partial charge in [-0.1, -0.05) is 12.1 Å². The predicted molar refractivity (Wildman–Crippen MR) is 70.1 cm³/mol. The van der Waals surface area contributed by atoms with Gasteiger partial charge in [-0.05, 0) is 36.7 Å². The average Bonchev–Trinajstić information content (AvgIpc) is 2.40. The quantitative estimate of drug-likeness (QED) is 0.877. The van der Waals surface area contributed by atoms with E-state index < -0.39 is 0 Å². The second kappa shape index (κ2) is 6.02. The summed E-state index contributed by atoms with van der Waals surface area (Å²) in [5.74, 6) is 2.05. The van der Waals surface area contributed by atoms with Gasteiger partial charge in [-0.2, -0.15) is 0 Å². The molecular weight excluding hydrogens is 228 g/mol. The minimum absolute atomic E-state index is 0.597. The van der Waals surface area contributed by atoms with Crippen LogP contribution >= 0.6 is 0 Å². The third-order valence-electron chi connectivity index (χ3n) is 2.50. The fourth-order valence-electron chi connectivity index (χ4n) is 1.65. The molecule has 0 atom stereocenters. The molecule has 0 unspecified atom stereocenters. The molecule has 0 amide bonds. The van der Waals surface area contributed by atoms with E-state index in [1.165, 1.54) is 0 Å². The highest BCUT2D eigenvalue weighted by Crippen LogP contribution is 2.30. The van der Waals surface area contributed by atoms with Crippen LogP contribution in [0.2, 0.25) is 0 Å². The Balaban J connectivity index is 2.20. The maximum absolute atomic E-state index is 5.76. The molecule has 0 radical (unpaired) electrons. The molecule has 0 saturated carbocycles. The Kier molecular flexibility index (Phi) is 4.15. The van der Waals surface area contributed by atoms with Crippen LogP contribution in [0.3, 0.4) is 0 Å². The summed E-state index contributed by atoms with van der Waals surface area (Å²) in [5, 5.41) is 0. The zero-order valence-corrected chi connectivity index (χ0v) is 10.3. The van der Waals surface area contributed by atoms with E-state index in [0.29, 0.717) is 23.8 Å². The molecule has 4 nitrogen and oxygen atoms in total. The molecule has 0 fully saturated rings. The van der Waals surface area contributed by atoms with Gasteiger partial charge in [0.1, 0.15) is 5.75 Å². The van der Waals surface area contributed by atoms with E-state index in [1.54, 1.807) is 19.5 Å². The van der Waals surface area contributed by atoms with E-state index in [9.17, 15) is 0 Å². The smallest absolute Gasteiger partial charge is 0.169 e. The number of para-hydroxylation sites is 2. The molecule has 1 aromatic heterocycles. The molecule has 0 aliphatic carbocycles. The van der Waals surface area contributed by atoms with Crippen LogP contribution in [0.15, 0.2) is 42.7 Å². The molecule has 0 aliphatic rings. The molecule has 2 N–H and O–H groups in total. The highest BCUT2D eigenvalue weighted by Gasteiger charge is 2.05. The monoisotopic (exact) mass is 244 g/mol. The number of pyridine rings is 1. The second-order valence-corrected chi connectivity index (χ2v) is 3.82. The van der Waals surface area contributed by atoms with Crippen LogP contribution in [-0.2, 0) is 6.42 Å². The Morgan fingerprint density at radius 2 is 1.94 bits per heavy atom. The molecule has 0 bridgehead atoms. The Morgan fingerprint density at radius 1 is 1.17 bits per heavy atom. The third-order valence-corrected chi connectivity index (χ3v) is 2.50. The van der Waals surface area contributed by atoms with E-state index in [-0.39, 0.29) is 0 Å². The lowest BCUT2D eigenvalue weighted by molar-refractivity contribution is 0.378. The van der Waals surface area contributed by atoms with Crippen LogP contribution in [-0.4, -0.2) is 18.6 Å². The lowest BCUT2D eigenvalue weighted by Gasteiger charge is -2.10. The van der Waals surface area contributed by atoms with Crippen LogP contribution < -0.4 is 15.2 Å². The van der Waals surface area contributed by atoms with Crippen molar-refractivity contribution in [2.45, 2.75) is 6.42 Å². The van der Waals surface area contributed by atoms with Crippen molar-refractivity contribution in [1.29, 1.82) is 0 Å². The molecular formula is C14H16N2O2. The van der Waals surface area contributed by atoms with Crippen molar-refractivity contribution >= 4 is 0 Å². The molecule has 94 valence electrons. The largest absolute Gasteiger partial charge is 0.493 e. The van der Waals surface area contributed by atoms with E-state index in [2.05, 4.69) is 4.98 Å². The van der Waals surface area contributed by atoms with Gasteiger partial charge in [0.05, 0.1) is 13.3 Å². The number of aromatic nitrogens is 1. The Hall–Kier alpha value is -2.07. The van der Waals surface area contributed by atoms with Gasteiger partial charge in [-0.3, -0.25) is 4.98 Å². The number of benzene rings is 1. The molecule has 2 rings (SSSR count). The van der Waals surface area contributed by atoms with E-state index in [0.717, 1.165) is 12.0 Å². The van der Waals surface area contributed by atoms with Crippen molar-refractivity contribution in [1.82, 2.24) is 4.98 Å². The zero-order chi connectivity index (χ0) is 12.8. The highest BCUT2D eigenvalue weighted by molar-refractivity contribution is 5.42. The van der Waals surface area contributed by atoms with Crippen LogP contribution in [0.1, 0.15) is 5.56 Å². The summed E-state index contributed by atoms with van der Waals surface area (Å²) in [6.07, 6.45) is 4.25. The summed E-state index contributed by atoms with van der Waals surface area (Å²) in [6, 6.07) is 9.44. The summed E-state index contributed by atoms with van der Waals surface area (Å²) in [4.78, 5) is 4.13. The summed E-state index contributed by atoms with van der Waals surface area (Å²) in [6.45, 7) is 0.597. The lowest BCUT2D eigenvalue weighted by atomic mass is 10.2. The molecule has 2 aromatic rings. The van der Waals surface area contributed by atoms with E-state index in [4.69, 9.17) is 15.2 Å². The first-order chi connectivity index (χ1) is 8.83. The lowest BCUT2D eigenvalue weighted by Crippen LogP contribution is -2.03. The van der Waals surface area contributed by atoms with Crippen LogP contribution in [0.5, 0.6) is 17.2 Å². The Bertz CT molecular complexity index is 515. The third kappa shape index (κ3) is 2.99. The molecule has 4 heteroatoms. The topological polar surface area (TPSA) is 57.4 Å². The molecule has 0 saturated heterocycles. The number of ether oxygens (including phenoxy) is 2. The van der Waals surface area contributed by atoms with E-state index >= 15 is 0 Å². The first kappa shape index (κ1) is 12.4. The summed E-state index contributed by atoms with van der Waals surface area (Å²) < 4.78 is 11.0. The van der Waals surface area contributed by atoms with Crippen LogP contribution in [0.25, 0.3) is 0 Å². The van der Waals surface area contributed by atoms with Crippen LogP contribution in [0, 0.1) is 0 Å². The summed E-state index contributed by atoms with van der Waals surface area (Å²) in [5.41, 5.74) is 6.58. The van der Waals surface area contributed by atoms with Gasteiger partial charge in [0.25, 0.3) is 0 Å². The van der Waals surface area contributed by atoms with Crippen molar-refractivity contribution in [2.75, 3.05) is 13.7 Å². The predicted octanol–water partition coefficient (Wildman–Crippen LogP) is 2.38. The fourth-order valence-corrected chi connectivity index (χ4v) is 1.65. The zero-order valence-electron chi connectivity index (χ0n) is 10.3. The highest BCUT2D eigenvalue weighted by atomic mass is 16.5. The Morgan fingerprint density at radius 3 is 2.67 bits per heavy atom. The number of nitrogens with zero attached hydrogens (tertiary/aromatic N) is 1. The van der Waals surface area contributed by atoms with Crippen molar-refractivity contribution < 1.29 is 9.47 Å². The summed E-state index contributed by atoms with van der Waals surface area (Å²) >= 11 is 0. The average molecular weight is 244 g/mol. The van der Waals surface area contributed by atoms with Crippen molar-refractivity contribution in [3.05, 3.63) is 48.3 Å². The van der Waals surface area contributed by atoms with Crippen molar-refractivity contribution in [2.24, 2.45) is 5.73 Å². The maximum Gasteiger partial charge on any atom is 0.169 e. The van der Waals surface area contributed by atoms with Gasteiger partial charge in [0, 0.05) is 6.20 Å². The van der Waals surface area contributed by atoms with Gasteiger partial charge in [0.15, 0.2) is 11.5 Å². The minimum Gasteiger partial charge on any atom is -0.493 e. The first-order valence-corrected chi connectivity index (χ1v) is 5.78. The number of hydrogen-bond donors (Lipinski definition) is 1. The molecule has 0 spiro atoms. The summed E-state index contributed by atoms with van der Waals surface area (Å²) in [7, 11) is 1.62. The number of hydrogen-bond acceptors (Lipinski definition) is 4. The van der Waals surface area contributed by atoms with Gasteiger partial charge >= 0.3 is 0 Å². The van der Waals surface area contributed by atoms with Gasteiger partial charge < -0.3 is 15.2 Å². The van der Waals surface area contributed by atoms with Gasteiger partial charge in [-0.15, -0.1) is 0 Å². The van der Waals surface area contributed by atoms with Crippen molar-refractivity contribution in [3.8, 4) is 17.2 Å². The molecule has 1 heterocycles. The number of methoxy groups -OCH3 is 1. The maximum atomic E-state index is 5.76. The molecule has 1 aromatic carbocycles. The normalized spacial score (nSPS) is 10.1. The number of nitrogens with two attached hydrogens (primary N) is 1. The van der Waals surface area contributed by atoms with Gasteiger partial charge in [-0.25, -0.2) is 0 Å². The SMILES string of the molecule is COc1ccccc1Oc1cncc(CCN)c1. The molecule has 18 heavy (non-hydrogen) atoms. The first-order valence-electron chi connectivity index (χ1n) is 5.78. The van der Waals surface area contributed by atoms with E-state index in [1.807, 2.05) is 30.3 Å². The fraction of sp³-hybridized carbons (Fsp3) is 0.214. The second-order valence-electron chi connectivity index (χ2n) is 3.82. The van der Waals surface area contributed by atoms with Crippen LogP contribution in [0.4, 0.5) is 0 Å². The van der Waals surface area contributed by atoms with Crippen molar-refractivity contribution in [3.63, 3.8) is 0 Å². The van der Waals surface area contributed by atoms with Gasteiger partial charge in [0.2, 0.25) is 0 Å². The minimum atomic E-state index is 0.597. The Labute approximate surface area is 106 Å².